The molecule has 0 bridgehead atoms. The largest absolute Gasteiger partial charge is 0.369 e. The number of amides is 1. The summed E-state index contributed by atoms with van der Waals surface area (Å²) in [6, 6.07) is 14.8. The molecule has 3 rings (SSSR count). The van der Waals surface area contributed by atoms with Crippen LogP contribution in [-0.4, -0.2) is 22.4 Å². The van der Waals surface area contributed by atoms with E-state index in [1.165, 1.54) is 6.33 Å². The molecule has 6 heteroatoms. The van der Waals surface area contributed by atoms with Crippen LogP contribution in [0.1, 0.15) is 6.42 Å². The highest BCUT2D eigenvalue weighted by Crippen LogP contribution is 2.18. The maximum atomic E-state index is 12.0. The van der Waals surface area contributed by atoms with E-state index in [9.17, 15) is 4.79 Å². The number of anilines is 2. The predicted octanol–water partition coefficient (Wildman–Crippen LogP) is 3.72. The van der Waals surface area contributed by atoms with Gasteiger partial charge in [0, 0.05) is 29.1 Å². The Hall–Kier alpha value is -2.66. The lowest BCUT2D eigenvalue weighted by molar-refractivity contribution is -0.115. The van der Waals surface area contributed by atoms with E-state index in [1.807, 2.05) is 24.3 Å². The first-order valence-corrected chi connectivity index (χ1v) is 7.59. The van der Waals surface area contributed by atoms with Crippen LogP contribution >= 0.6 is 11.6 Å². The number of benzene rings is 2. The number of nitrogens with zero attached hydrogens (tertiary/aromatic N) is 2. The van der Waals surface area contributed by atoms with Crippen molar-refractivity contribution in [3.63, 3.8) is 0 Å². The maximum absolute atomic E-state index is 12.0. The summed E-state index contributed by atoms with van der Waals surface area (Å²) in [5, 5.41) is 7.51. The van der Waals surface area contributed by atoms with E-state index in [0.717, 1.165) is 16.7 Å². The molecule has 0 radical (unpaired) electrons. The summed E-state index contributed by atoms with van der Waals surface area (Å²) in [5.74, 6) is 0.643. The van der Waals surface area contributed by atoms with Crippen molar-refractivity contribution in [2.24, 2.45) is 0 Å². The summed E-state index contributed by atoms with van der Waals surface area (Å²) < 4.78 is 0. The molecular formula is C17H15ClN4O. The van der Waals surface area contributed by atoms with Crippen molar-refractivity contribution in [1.29, 1.82) is 0 Å². The van der Waals surface area contributed by atoms with Crippen LogP contribution in [-0.2, 0) is 4.79 Å². The number of hydrogen-bond donors (Lipinski definition) is 2. The fraction of sp³-hybridized carbons (Fsp3) is 0.118. The standard InChI is InChI=1S/C17H15ClN4O/c18-12-4-3-5-13(10-12)22-16(23)8-9-19-17-14-6-1-2-7-15(14)20-11-21-17/h1-7,10-11H,8-9H2,(H,22,23)(H,19,20,21). The lowest BCUT2D eigenvalue weighted by Crippen LogP contribution is -2.16. The molecule has 0 aliphatic rings. The first-order valence-electron chi connectivity index (χ1n) is 7.21. The lowest BCUT2D eigenvalue weighted by atomic mass is 10.2. The molecule has 0 saturated carbocycles. The van der Waals surface area contributed by atoms with Gasteiger partial charge in [-0.05, 0) is 30.3 Å². The van der Waals surface area contributed by atoms with Gasteiger partial charge in [-0.1, -0.05) is 29.8 Å². The highest BCUT2D eigenvalue weighted by atomic mass is 35.5. The molecule has 1 amide bonds. The quantitative estimate of drug-likeness (QED) is 0.749. The summed E-state index contributed by atoms with van der Waals surface area (Å²) in [5.41, 5.74) is 1.56. The second-order valence-electron chi connectivity index (χ2n) is 4.97. The number of carbonyl (C=O) groups is 1. The van der Waals surface area contributed by atoms with Crippen LogP contribution in [0, 0.1) is 0 Å². The number of hydrogen-bond acceptors (Lipinski definition) is 4. The molecule has 2 aromatic carbocycles. The summed E-state index contributed by atoms with van der Waals surface area (Å²) in [7, 11) is 0. The van der Waals surface area contributed by atoms with Crippen molar-refractivity contribution in [2.75, 3.05) is 17.2 Å². The number of carbonyl (C=O) groups excluding carboxylic acids is 1. The third-order valence-corrected chi connectivity index (χ3v) is 3.53. The molecule has 0 atom stereocenters. The highest BCUT2D eigenvalue weighted by Gasteiger charge is 2.05. The number of nitrogens with one attached hydrogen (secondary N) is 2. The Morgan fingerprint density at radius 1 is 1.09 bits per heavy atom. The molecule has 0 fully saturated rings. The Bertz CT molecular complexity index is 832. The van der Waals surface area contributed by atoms with E-state index in [1.54, 1.807) is 24.3 Å². The van der Waals surface area contributed by atoms with Gasteiger partial charge in [0.1, 0.15) is 12.1 Å². The van der Waals surface area contributed by atoms with Crippen molar-refractivity contribution >= 4 is 39.9 Å². The minimum atomic E-state index is -0.0851. The molecule has 1 heterocycles. The molecule has 1 aromatic heterocycles. The molecule has 0 saturated heterocycles. The third-order valence-electron chi connectivity index (χ3n) is 3.30. The van der Waals surface area contributed by atoms with Crippen molar-refractivity contribution in [3.05, 3.63) is 59.9 Å². The summed E-state index contributed by atoms with van der Waals surface area (Å²) >= 11 is 5.89. The molecule has 0 aliphatic heterocycles. The lowest BCUT2D eigenvalue weighted by Gasteiger charge is -2.09. The predicted molar refractivity (Wildman–Crippen MR) is 92.7 cm³/mol. The van der Waals surface area contributed by atoms with Gasteiger partial charge in [-0.3, -0.25) is 4.79 Å². The minimum absolute atomic E-state index is 0.0851. The molecule has 116 valence electrons. The van der Waals surface area contributed by atoms with Crippen LogP contribution in [0.25, 0.3) is 10.9 Å². The molecular weight excluding hydrogens is 312 g/mol. The normalized spacial score (nSPS) is 10.5. The van der Waals surface area contributed by atoms with Crippen LogP contribution in [0.15, 0.2) is 54.9 Å². The third kappa shape index (κ3) is 3.96. The van der Waals surface area contributed by atoms with Gasteiger partial charge in [-0.2, -0.15) is 0 Å². The highest BCUT2D eigenvalue weighted by molar-refractivity contribution is 6.30. The van der Waals surface area contributed by atoms with E-state index in [2.05, 4.69) is 20.6 Å². The summed E-state index contributed by atoms with van der Waals surface area (Å²) in [4.78, 5) is 20.4. The summed E-state index contributed by atoms with van der Waals surface area (Å²) in [6.07, 6.45) is 1.83. The van der Waals surface area contributed by atoms with Gasteiger partial charge >= 0.3 is 0 Å². The van der Waals surface area contributed by atoms with Gasteiger partial charge in [0.25, 0.3) is 0 Å². The zero-order chi connectivity index (χ0) is 16.1. The first-order chi connectivity index (χ1) is 11.2. The zero-order valence-electron chi connectivity index (χ0n) is 12.3. The number of halogens is 1. The van der Waals surface area contributed by atoms with Gasteiger partial charge in [0.15, 0.2) is 0 Å². The molecule has 23 heavy (non-hydrogen) atoms. The Balaban J connectivity index is 1.57. The van der Waals surface area contributed by atoms with E-state index in [-0.39, 0.29) is 5.91 Å². The number of para-hydroxylation sites is 1. The maximum Gasteiger partial charge on any atom is 0.226 e. The van der Waals surface area contributed by atoms with Crippen molar-refractivity contribution in [2.45, 2.75) is 6.42 Å². The zero-order valence-corrected chi connectivity index (χ0v) is 13.0. The average molecular weight is 327 g/mol. The van der Waals surface area contributed by atoms with Crippen LogP contribution in [0.2, 0.25) is 5.02 Å². The Morgan fingerprint density at radius 2 is 1.96 bits per heavy atom. The van der Waals surface area contributed by atoms with Crippen molar-refractivity contribution < 1.29 is 4.79 Å². The van der Waals surface area contributed by atoms with Gasteiger partial charge in [0.2, 0.25) is 5.91 Å². The van der Waals surface area contributed by atoms with Gasteiger partial charge in [-0.15, -0.1) is 0 Å². The van der Waals surface area contributed by atoms with Crippen LogP contribution in [0.4, 0.5) is 11.5 Å². The summed E-state index contributed by atoms with van der Waals surface area (Å²) in [6.45, 7) is 0.480. The van der Waals surface area contributed by atoms with Crippen LogP contribution in [0.3, 0.4) is 0 Å². The smallest absolute Gasteiger partial charge is 0.226 e. The SMILES string of the molecule is O=C(CCNc1ncnc2ccccc12)Nc1cccc(Cl)c1. The molecule has 0 spiro atoms. The fourth-order valence-electron chi connectivity index (χ4n) is 2.23. The van der Waals surface area contributed by atoms with E-state index < -0.39 is 0 Å². The monoisotopic (exact) mass is 326 g/mol. The van der Waals surface area contributed by atoms with E-state index in [4.69, 9.17) is 11.6 Å². The number of rotatable bonds is 5. The Labute approximate surface area is 138 Å². The van der Waals surface area contributed by atoms with Gasteiger partial charge < -0.3 is 10.6 Å². The van der Waals surface area contributed by atoms with E-state index >= 15 is 0 Å². The Morgan fingerprint density at radius 3 is 2.83 bits per heavy atom. The van der Waals surface area contributed by atoms with Crippen LogP contribution < -0.4 is 10.6 Å². The molecule has 3 aromatic rings. The minimum Gasteiger partial charge on any atom is -0.369 e. The van der Waals surface area contributed by atoms with E-state index in [0.29, 0.717) is 23.7 Å². The number of fused-ring (bicyclic) bond motifs is 1. The molecule has 5 nitrogen and oxygen atoms in total. The first kappa shape index (κ1) is 15.2. The second-order valence-corrected chi connectivity index (χ2v) is 5.41. The molecule has 2 N–H and O–H groups in total. The second kappa shape index (κ2) is 7.07. The van der Waals surface area contributed by atoms with Crippen molar-refractivity contribution in [3.8, 4) is 0 Å². The van der Waals surface area contributed by atoms with Crippen molar-refractivity contribution in [1.82, 2.24) is 9.97 Å². The molecule has 0 unspecified atom stereocenters. The number of aromatic nitrogens is 2. The van der Waals surface area contributed by atoms with Gasteiger partial charge in [0.05, 0.1) is 5.52 Å². The Kier molecular flexibility index (Phi) is 4.68. The van der Waals surface area contributed by atoms with Crippen LogP contribution in [0.5, 0.6) is 0 Å². The topological polar surface area (TPSA) is 66.9 Å². The average Bonchev–Trinajstić information content (AvgIpc) is 2.55. The molecule has 0 aliphatic carbocycles. The fourth-order valence-corrected chi connectivity index (χ4v) is 2.42. The van der Waals surface area contributed by atoms with Gasteiger partial charge in [-0.25, -0.2) is 9.97 Å².